The van der Waals surface area contributed by atoms with Gasteiger partial charge in [-0.3, -0.25) is 4.79 Å². The Bertz CT molecular complexity index is 591. The molecule has 0 saturated carbocycles. The molecule has 1 aliphatic rings. The topological polar surface area (TPSA) is 81.7 Å². The van der Waals surface area contributed by atoms with Crippen LogP contribution in [0.2, 0.25) is 0 Å². The molecule has 1 amide bonds. The number of benzene rings is 1. The third kappa shape index (κ3) is 4.99. The lowest BCUT2D eigenvalue weighted by molar-refractivity contribution is 0.0304. The molecule has 22 heavy (non-hydrogen) atoms. The van der Waals surface area contributed by atoms with Gasteiger partial charge >= 0.3 is 0 Å². The molecule has 2 rings (SSSR count). The van der Waals surface area contributed by atoms with Gasteiger partial charge in [-0.15, -0.1) is 0 Å². The number of hydrogen-bond donors (Lipinski definition) is 1. The molecule has 6 nitrogen and oxygen atoms in total. The third-order valence-corrected chi connectivity index (χ3v) is 4.66. The van der Waals surface area contributed by atoms with Crippen molar-refractivity contribution in [2.45, 2.75) is 32.3 Å². The van der Waals surface area contributed by atoms with Crippen LogP contribution in [0.15, 0.2) is 24.3 Å². The van der Waals surface area contributed by atoms with Crippen molar-refractivity contribution in [3.8, 4) is 5.75 Å². The Kier molecular flexibility index (Phi) is 5.79. The average molecular weight is 327 g/mol. The summed E-state index contributed by atoms with van der Waals surface area (Å²) >= 11 is 0. The Labute approximate surface area is 130 Å². The lowest BCUT2D eigenvalue weighted by atomic mass is 10.1. The number of carbonyl (C=O) groups is 1. The Morgan fingerprint density at radius 3 is 2.64 bits per heavy atom. The molecular formula is C15H21NO5S. The zero-order chi connectivity index (χ0) is 16.0. The fourth-order valence-corrected chi connectivity index (χ4v) is 3.53. The second-order valence-electron chi connectivity index (χ2n) is 5.16. The van der Waals surface area contributed by atoms with Crippen LogP contribution in [0, 0.1) is 0 Å². The average Bonchev–Trinajstić information content (AvgIpc) is 2.48. The molecule has 1 aromatic rings. The molecule has 1 heterocycles. The summed E-state index contributed by atoms with van der Waals surface area (Å²) in [5.41, 5.74) is 0.275. The summed E-state index contributed by atoms with van der Waals surface area (Å²) in [6.45, 7) is 2.97. The predicted octanol–water partition coefficient (Wildman–Crippen LogP) is 1.71. The highest BCUT2D eigenvalue weighted by molar-refractivity contribution is 7.90. The van der Waals surface area contributed by atoms with E-state index in [1.54, 1.807) is 12.1 Å². The molecule has 0 bridgehead atoms. The first kappa shape index (κ1) is 16.8. The normalized spacial score (nSPS) is 18.7. The summed E-state index contributed by atoms with van der Waals surface area (Å²) in [7, 11) is -3.70. The fourth-order valence-electron chi connectivity index (χ4n) is 2.29. The zero-order valence-corrected chi connectivity index (χ0v) is 13.4. The van der Waals surface area contributed by atoms with Crippen LogP contribution in [0.25, 0.3) is 0 Å². The van der Waals surface area contributed by atoms with Crippen molar-refractivity contribution in [1.29, 1.82) is 0 Å². The molecule has 0 radical (unpaired) electrons. The second-order valence-corrected chi connectivity index (χ2v) is 6.93. The van der Waals surface area contributed by atoms with E-state index in [0.29, 0.717) is 25.4 Å². The quantitative estimate of drug-likeness (QED) is 0.860. The van der Waals surface area contributed by atoms with Crippen molar-refractivity contribution in [1.82, 2.24) is 4.72 Å². The van der Waals surface area contributed by atoms with Crippen molar-refractivity contribution in [3.63, 3.8) is 0 Å². The van der Waals surface area contributed by atoms with Gasteiger partial charge in [0.2, 0.25) is 10.0 Å². The summed E-state index contributed by atoms with van der Waals surface area (Å²) in [6.07, 6.45) is 2.28. The summed E-state index contributed by atoms with van der Waals surface area (Å²) in [5.74, 6) is -0.188. The zero-order valence-electron chi connectivity index (χ0n) is 12.6. The van der Waals surface area contributed by atoms with Crippen LogP contribution in [0.3, 0.4) is 0 Å². The van der Waals surface area contributed by atoms with Gasteiger partial charge in [-0.05, 0) is 50.5 Å². The third-order valence-electron chi connectivity index (χ3n) is 3.36. The first-order valence-electron chi connectivity index (χ1n) is 7.39. The maximum absolute atomic E-state index is 12.0. The van der Waals surface area contributed by atoms with Crippen molar-refractivity contribution in [2.75, 3.05) is 19.0 Å². The molecule has 1 aromatic carbocycles. The van der Waals surface area contributed by atoms with E-state index in [4.69, 9.17) is 9.47 Å². The van der Waals surface area contributed by atoms with Gasteiger partial charge in [0.1, 0.15) is 5.75 Å². The van der Waals surface area contributed by atoms with Crippen LogP contribution in [0.1, 0.15) is 36.5 Å². The van der Waals surface area contributed by atoms with Gasteiger partial charge < -0.3 is 9.47 Å². The monoisotopic (exact) mass is 327 g/mol. The summed E-state index contributed by atoms with van der Waals surface area (Å²) in [4.78, 5) is 12.0. The van der Waals surface area contributed by atoms with Crippen LogP contribution < -0.4 is 9.46 Å². The first-order chi connectivity index (χ1) is 10.5. The molecule has 1 saturated heterocycles. The number of rotatable bonds is 6. The van der Waals surface area contributed by atoms with Crippen LogP contribution >= 0.6 is 0 Å². The SMILES string of the molecule is CCOc1ccc(C(=O)NS(=O)(=O)C[C@@H]2CCCCO2)cc1. The Morgan fingerprint density at radius 1 is 1.32 bits per heavy atom. The molecule has 1 aliphatic heterocycles. The van der Waals surface area contributed by atoms with Crippen LogP contribution in [-0.4, -0.2) is 39.4 Å². The van der Waals surface area contributed by atoms with Crippen molar-refractivity contribution >= 4 is 15.9 Å². The molecule has 1 atom stereocenters. The molecule has 7 heteroatoms. The summed E-state index contributed by atoms with van der Waals surface area (Å²) in [5, 5.41) is 0. The predicted molar refractivity (Wildman–Crippen MR) is 82.5 cm³/mol. The van der Waals surface area contributed by atoms with Gasteiger partial charge in [0, 0.05) is 12.2 Å². The molecule has 1 N–H and O–H groups in total. The molecule has 0 aliphatic carbocycles. The Balaban J connectivity index is 1.94. The number of hydrogen-bond acceptors (Lipinski definition) is 5. The maximum Gasteiger partial charge on any atom is 0.264 e. The van der Waals surface area contributed by atoms with Gasteiger partial charge in [-0.1, -0.05) is 0 Å². The van der Waals surface area contributed by atoms with E-state index in [-0.39, 0.29) is 17.4 Å². The van der Waals surface area contributed by atoms with Gasteiger partial charge in [0.25, 0.3) is 5.91 Å². The van der Waals surface area contributed by atoms with E-state index in [9.17, 15) is 13.2 Å². The Morgan fingerprint density at radius 2 is 2.05 bits per heavy atom. The highest BCUT2D eigenvalue weighted by Crippen LogP contribution is 2.15. The fraction of sp³-hybridized carbons (Fsp3) is 0.533. The van der Waals surface area contributed by atoms with E-state index in [1.807, 2.05) is 6.92 Å². The molecule has 0 unspecified atom stereocenters. The molecular weight excluding hydrogens is 306 g/mol. The van der Waals surface area contributed by atoms with E-state index >= 15 is 0 Å². The smallest absolute Gasteiger partial charge is 0.264 e. The highest BCUT2D eigenvalue weighted by Gasteiger charge is 2.24. The molecule has 122 valence electrons. The van der Waals surface area contributed by atoms with Crippen molar-refractivity contribution in [2.24, 2.45) is 0 Å². The number of nitrogens with one attached hydrogen (secondary N) is 1. The van der Waals surface area contributed by atoms with Crippen LogP contribution in [0.4, 0.5) is 0 Å². The van der Waals surface area contributed by atoms with Gasteiger partial charge in [0.05, 0.1) is 18.5 Å². The minimum Gasteiger partial charge on any atom is -0.494 e. The second kappa shape index (κ2) is 7.60. The van der Waals surface area contributed by atoms with Crippen molar-refractivity contribution in [3.05, 3.63) is 29.8 Å². The van der Waals surface area contributed by atoms with Crippen LogP contribution in [0.5, 0.6) is 5.75 Å². The molecule has 0 spiro atoms. The van der Waals surface area contributed by atoms with Crippen LogP contribution in [-0.2, 0) is 14.8 Å². The highest BCUT2D eigenvalue weighted by atomic mass is 32.2. The van der Waals surface area contributed by atoms with Gasteiger partial charge in [-0.25, -0.2) is 13.1 Å². The van der Waals surface area contributed by atoms with Crippen molar-refractivity contribution < 1.29 is 22.7 Å². The van der Waals surface area contributed by atoms with Gasteiger partial charge in [-0.2, -0.15) is 0 Å². The molecule has 0 aromatic heterocycles. The van der Waals surface area contributed by atoms with E-state index in [0.717, 1.165) is 12.8 Å². The number of ether oxygens (including phenoxy) is 2. The lowest BCUT2D eigenvalue weighted by Crippen LogP contribution is -2.38. The Hall–Kier alpha value is -1.60. The number of carbonyl (C=O) groups excluding carboxylic acids is 1. The minimum atomic E-state index is -3.70. The number of sulfonamides is 1. The van der Waals surface area contributed by atoms with E-state index in [1.165, 1.54) is 12.1 Å². The molecule has 1 fully saturated rings. The maximum atomic E-state index is 12.0. The van der Waals surface area contributed by atoms with Gasteiger partial charge in [0.15, 0.2) is 0 Å². The van der Waals surface area contributed by atoms with E-state index in [2.05, 4.69) is 4.72 Å². The standard InChI is InChI=1S/C15H21NO5S/c1-2-20-13-8-6-12(7-9-13)15(17)16-22(18,19)11-14-5-3-4-10-21-14/h6-9,14H,2-5,10-11H2,1H3,(H,16,17)/t14-/m0/s1. The minimum absolute atomic E-state index is 0.185. The summed E-state index contributed by atoms with van der Waals surface area (Å²) in [6, 6.07) is 6.34. The first-order valence-corrected chi connectivity index (χ1v) is 9.04. The lowest BCUT2D eigenvalue weighted by Gasteiger charge is -2.22. The summed E-state index contributed by atoms with van der Waals surface area (Å²) < 4.78 is 36.8. The van der Waals surface area contributed by atoms with E-state index < -0.39 is 15.9 Å². The number of amides is 1. The largest absolute Gasteiger partial charge is 0.494 e.